The van der Waals surface area contributed by atoms with Gasteiger partial charge in [0.2, 0.25) is 5.91 Å². The zero-order valence-electron chi connectivity index (χ0n) is 15.6. The molecule has 0 spiro atoms. The van der Waals surface area contributed by atoms with Crippen molar-refractivity contribution in [2.45, 2.75) is 13.5 Å². The summed E-state index contributed by atoms with van der Waals surface area (Å²) in [4.78, 5) is 28.4. The minimum Gasteiger partial charge on any atom is -0.334 e. The van der Waals surface area contributed by atoms with Crippen LogP contribution in [-0.4, -0.2) is 54.5 Å². The van der Waals surface area contributed by atoms with Crippen molar-refractivity contribution >= 4 is 17.6 Å². The van der Waals surface area contributed by atoms with Crippen LogP contribution in [0.2, 0.25) is 0 Å². The van der Waals surface area contributed by atoms with Gasteiger partial charge in [0.25, 0.3) is 0 Å². The predicted molar refractivity (Wildman–Crippen MR) is 106 cm³/mol. The average Bonchev–Trinajstić information content (AvgIpc) is 2.69. The standard InChI is InChI=1S/C21H26N4O2/c1-17-7-9-19(10-8-17)23-20(26)16-24-11-13-25(14-12-24)21(27)22-15-18-5-3-2-4-6-18/h2-10H,11-16H2,1H3,(H,22,27)(H,23,26). The van der Waals surface area contributed by atoms with Crippen LogP contribution in [0, 0.1) is 6.92 Å². The topological polar surface area (TPSA) is 64.7 Å². The summed E-state index contributed by atoms with van der Waals surface area (Å²) in [6.45, 7) is 5.52. The molecule has 3 rings (SSSR count). The first-order valence-electron chi connectivity index (χ1n) is 9.26. The van der Waals surface area contributed by atoms with Gasteiger partial charge in [0, 0.05) is 38.4 Å². The summed E-state index contributed by atoms with van der Waals surface area (Å²) < 4.78 is 0. The van der Waals surface area contributed by atoms with Crippen LogP contribution < -0.4 is 10.6 Å². The Morgan fingerprint density at radius 2 is 1.59 bits per heavy atom. The Morgan fingerprint density at radius 1 is 0.926 bits per heavy atom. The third kappa shape index (κ3) is 5.82. The summed E-state index contributed by atoms with van der Waals surface area (Å²) in [5, 5.41) is 5.87. The molecule has 2 aromatic carbocycles. The summed E-state index contributed by atoms with van der Waals surface area (Å²) in [7, 11) is 0. The number of benzene rings is 2. The number of amides is 3. The van der Waals surface area contributed by atoms with Gasteiger partial charge < -0.3 is 15.5 Å². The van der Waals surface area contributed by atoms with Crippen LogP contribution >= 0.6 is 0 Å². The van der Waals surface area contributed by atoms with E-state index in [1.165, 1.54) is 0 Å². The van der Waals surface area contributed by atoms with E-state index in [0.29, 0.717) is 39.3 Å². The van der Waals surface area contributed by atoms with Crippen LogP contribution in [0.15, 0.2) is 54.6 Å². The van der Waals surface area contributed by atoms with E-state index < -0.39 is 0 Å². The summed E-state index contributed by atoms with van der Waals surface area (Å²) in [5.41, 5.74) is 3.05. The van der Waals surface area contributed by atoms with Crippen molar-refractivity contribution in [1.29, 1.82) is 0 Å². The van der Waals surface area contributed by atoms with Gasteiger partial charge in [0.05, 0.1) is 6.54 Å². The molecule has 0 bridgehead atoms. The number of nitrogens with zero attached hydrogens (tertiary/aromatic N) is 2. The van der Waals surface area contributed by atoms with E-state index in [9.17, 15) is 9.59 Å². The van der Waals surface area contributed by atoms with E-state index >= 15 is 0 Å². The molecule has 142 valence electrons. The number of carbonyl (C=O) groups excluding carboxylic acids is 2. The quantitative estimate of drug-likeness (QED) is 0.854. The second-order valence-electron chi connectivity index (χ2n) is 6.82. The maximum absolute atomic E-state index is 12.3. The highest BCUT2D eigenvalue weighted by Crippen LogP contribution is 2.09. The predicted octanol–water partition coefficient (Wildman–Crippen LogP) is 2.46. The monoisotopic (exact) mass is 366 g/mol. The summed E-state index contributed by atoms with van der Waals surface area (Å²) >= 11 is 0. The van der Waals surface area contributed by atoms with Crippen molar-refractivity contribution in [3.05, 3.63) is 65.7 Å². The average molecular weight is 366 g/mol. The minimum atomic E-state index is -0.0531. The van der Waals surface area contributed by atoms with Crippen molar-refractivity contribution in [2.75, 3.05) is 38.0 Å². The molecule has 3 amide bonds. The van der Waals surface area contributed by atoms with Crippen LogP contribution in [0.25, 0.3) is 0 Å². The Morgan fingerprint density at radius 3 is 2.26 bits per heavy atom. The third-order valence-corrected chi connectivity index (χ3v) is 4.65. The number of piperazine rings is 1. The molecule has 1 aliphatic rings. The first kappa shape index (κ1) is 18.9. The molecule has 6 heteroatoms. The molecule has 0 aromatic heterocycles. The lowest BCUT2D eigenvalue weighted by Crippen LogP contribution is -2.52. The van der Waals surface area contributed by atoms with Gasteiger partial charge in [-0.25, -0.2) is 4.79 Å². The lowest BCUT2D eigenvalue weighted by molar-refractivity contribution is -0.117. The van der Waals surface area contributed by atoms with Gasteiger partial charge in [-0.1, -0.05) is 48.0 Å². The van der Waals surface area contributed by atoms with Gasteiger partial charge >= 0.3 is 6.03 Å². The molecule has 2 aromatic rings. The lowest BCUT2D eigenvalue weighted by Gasteiger charge is -2.34. The SMILES string of the molecule is Cc1ccc(NC(=O)CN2CCN(C(=O)NCc3ccccc3)CC2)cc1. The van der Waals surface area contributed by atoms with Crippen molar-refractivity contribution < 1.29 is 9.59 Å². The van der Waals surface area contributed by atoms with Gasteiger partial charge in [-0.2, -0.15) is 0 Å². The first-order chi connectivity index (χ1) is 13.1. The number of rotatable bonds is 5. The zero-order valence-corrected chi connectivity index (χ0v) is 15.6. The van der Waals surface area contributed by atoms with Crippen molar-refractivity contribution in [3.63, 3.8) is 0 Å². The molecule has 2 N–H and O–H groups in total. The second-order valence-corrected chi connectivity index (χ2v) is 6.82. The highest BCUT2D eigenvalue weighted by molar-refractivity contribution is 5.92. The lowest BCUT2D eigenvalue weighted by atomic mass is 10.2. The Hall–Kier alpha value is -2.86. The van der Waals surface area contributed by atoms with Crippen molar-refractivity contribution in [3.8, 4) is 0 Å². The first-order valence-corrected chi connectivity index (χ1v) is 9.26. The van der Waals surface area contributed by atoms with Gasteiger partial charge in [0.15, 0.2) is 0 Å². The van der Waals surface area contributed by atoms with E-state index in [1.807, 2.05) is 61.5 Å². The number of carbonyl (C=O) groups is 2. The normalized spacial score (nSPS) is 14.6. The van der Waals surface area contributed by atoms with E-state index in [1.54, 1.807) is 4.90 Å². The molecule has 0 radical (unpaired) electrons. The highest BCUT2D eigenvalue weighted by atomic mass is 16.2. The largest absolute Gasteiger partial charge is 0.334 e. The molecule has 0 aliphatic carbocycles. The van der Waals surface area contributed by atoms with Crippen LogP contribution in [0.4, 0.5) is 10.5 Å². The van der Waals surface area contributed by atoms with Crippen LogP contribution in [0.5, 0.6) is 0 Å². The fourth-order valence-electron chi connectivity index (χ4n) is 3.03. The number of aryl methyl sites for hydroxylation is 1. The number of anilines is 1. The van der Waals surface area contributed by atoms with E-state index in [4.69, 9.17) is 0 Å². The van der Waals surface area contributed by atoms with Gasteiger partial charge in [-0.05, 0) is 24.6 Å². The fraction of sp³-hybridized carbons (Fsp3) is 0.333. The molecule has 27 heavy (non-hydrogen) atoms. The van der Waals surface area contributed by atoms with Crippen LogP contribution in [0.1, 0.15) is 11.1 Å². The maximum atomic E-state index is 12.3. The molecule has 1 saturated heterocycles. The third-order valence-electron chi connectivity index (χ3n) is 4.65. The molecule has 0 atom stereocenters. The van der Waals surface area contributed by atoms with Crippen molar-refractivity contribution in [1.82, 2.24) is 15.1 Å². The van der Waals surface area contributed by atoms with Gasteiger partial charge in [0.1, 0.15) is 0 Å². The Labute approximate surface area is 160 Å². The summed E-state index contributed by atoms with van der Waals surface area (Å²) in [6, 6.07) is 17.6. The van der Waals surface area contributed by atoms with Gasteiger partial charge in [-0.15, -0.1) is 0 Å². The van der Waals surface area contributed by atoms with Crippen LogP contribution in [-0.2, 0) is 11.3 Å². The molecule has 6 nitrogen and oxygen atoms in total. The molecule has 0 saturated carbocycles. The number of nitrogens with one attached hydrogen (secondary N) is 2. The zero-order chi connectivity index (χ0) is 19.1. The fourth-order valence-corrected chi connectivity index (χ4v) is 3.03. The maximum Gasteiger partial charge on any atom is 0.317 e. The van der Waals surface area contributed by atoms with Crippen LogP contribution in [0.3, 0.4) is 0 Å². The molecular weight excluding hydrogens is 340 g/mol. The van der Waals surface area contributed by atoms with Crippen molar-refractivity contribution in [2.24, 2.45) is 0 Å². The van der Waals surface area contributed by atoms with E-state index in [0.717, 1.165) is 16.8 Å². The molecule has 1 aliphatic heterocycles. The molecule has 0 unspecified atom stereocenters. The van der Waals surface area contributed by atoms with E-state index in [2.05, 4.69) is 15.5 Å². The Balaban J connectivity index is 1.38. The summed E-state index contributed by atoms with van der Waals surface area (Å²) in [5.74, 6) is -0.0270. The molecule has 1 heterocycles. The van der Waals surface area contributed by atoms with E-state index in [-0.39, 0.29) is 11.9 Å². The molecule has 1 fully saturated rings. The number of hydrogen-bond donors (Lipinski definition) is 2. The second kappa shape index (κ2) is 9.19. The number of urea groups is 1. The smallest absolute Gasteiger partial charge is 0.317 e. The minimum absolute atomic E-state index is 0.0270. The summed E-state index contributed by atoms with van der Waals surface area (Å²) in [6.07, 6.45) is 0. The Kier molecular flexibility index (Phi) is 6.44. The van der Waals surface area contributed by atoms with Gasteiger partial charge in [-0.3, -0.25) is 9.69 Å². The highest BCUT2D eigenvalue weighted by Gasteiger charge is 2.22. The number of hydrogen-bond acceptors (Lipinski definition) is 3. The molecular formula is C21H26N4O2. The Bertz CT molecular complexity index is 754.